The molecule has 4 nitrogen and oxygen atoms in total. The lowest BCUT2D eigenvalue weighted by Crippen LogP contribution is -2.60. The summed E-state index contributed by atoms with van der Waals surface area (Å²) in [7, 11) is -5.74. The molecule has 0 bridgehead atoms. The molecule has 2 aromatic rings. The number of rotatable bonds is 2. The topological polar surface area (TPSA) is 78.4 Å². The van der Waals surface area contributed by atoms with Crippen molar-refractivity contribution >= 4 is 16.3 Å². The zero-order valence-corrected chi connectivity index (χ0v) is 14.0. The van der Waals surface area contributed by atoms with Crippen molar-refractivity contribution in [3.63, 3.8) is 0 Å². The van der Waals surface area contributed by atoms with Crippen molar-refractivity contribution in [1.29, 1.82) is 0 Å². The van der Waals surface area contributed by atoms with Crippen LogP contribution >= 0.6 is 10.8 Å². The smallest absolute Gasteiger partial charge is 0.148 e. The summed E-state index contributed by atoms with van der Waals surface area (Å²) in [6, 6.07) is 11.4. The van der Waals surface area contributed by atoms with Crippen LogP contribution in [0.2, 0.25) is 0 Å². The van der Waals surface area contributed by atoms with Gasteiger partial charge in [-0.1, -0.05) is 35.4 Å². The van der Waals surface area contributed by atoms with Crippen molar-refractivity contribution in [3.8, 4) is 0 Å². The van der Waals surface area contributed by atoms with Gasteiger partial charge in [-0.15, -0.1) is 0 Å². The molecule has 0 spiro atoms. The molecule has 3 rings (SSSR count). The lowest BCUT2D eigenvalue weighted by molar-refractivity contribution is -1.91. The fraction of sp³-hybridized carbons (Fsp3) is 0.188. The van der Waals surface area contributed by atoms with Gasteiger partial charge < -0.3 is 0 Å². The molecule has 0 saturated carbocycles. The molecular weight excluding hydrogens is 324 g/mol. The maximum Gasteiger partial charge on any atom is 0.148 e. The van der Waals surface area contributed by atoms with Gasteiger partial charge in [-0.2, -0.15) is 14.0 Å². The molecule has 0 radical (unpaired) electrons. The van der Waals surface area contributed by atoms with Crippen LogP contribution in [-0.4, -0.2) is 0 Å². The SMILES string of the molecule is CC1=c2cc(C)ccc2=S(O[Cl+3]([O-])([O-])[O-])c2ccc(C)cc21. The maximum absolute atomic E-state index is 11.1. The first-order chi connectivity index (χ1) is 10.3. The molecule has 0 saturated heterocycles. The summed E-state index contributed by atoms with van der Waals surface area (Å²) >= 11 is 0. The highest BCUT2D eigenvalue weighted by molar-refractivity contribution is 8.05. The van der Waals surface area contributed by atoms with E-state index < -0.39 is 21.0 Å². The predicted molar refractivity (Wildman–Crippen MR) is 75.9 cm³/mol. The second-order valence-corrected chi connectivity index (χ2v) is 8.01. The normalized spacial score (nSPS) is 17.2. The molecule has 0 fully saturated rings. The molecule has 6 heteroatoms. The molecule has 1 unspecified atom stereocenters. The van der Waals surface area contributed by atoms with E-state index in [-0.39, 0.29) is 0 Å². The average molecular weight is 339 g/mol. The molecule has 1 atom stereocenters. The van der Waals surface area contributed by atoms with Crippen molar-refractivity contribution < 1.29 is 28.0 Å². The average Bonchev–Trinajstić information content (AvgIpc) is 2.42. The van der Waals surface area contributed by atoms with Gasteiger partial charge in [-0.25, -0.2) is 0 Å². The van der Waals surface area contributed by atoms with E-state index in [1.165, 1.54) is 0 Å². The first kappa shape index (κ1) is 15.7. The summed E-state index contributed by atoms with van der Waals surface area (Å²) in [6.45, 7) is 5.95. The molecule has 0 N–H and O–H groups in total. The Morgan fingerprint density at radius 2 is 1.55 bits per heavy atom. The van der Waals surface area contributed by atoms with Crippen LogP contribution in [-0.2, 0) is 3.74 Å². The van der Waals surface area contributed by atoms with Crippen molar-refractivity contribution in [1.82, 2.24) is 0 Å². The Labute approximate surface area is 133 Å². The van der Waals surface area contributed by atoms with E-state index in [2.05, 4.69) is 0 Å². The van der Waals surface area contributed by atoms with E-state index in [1.54, 1.807) is 0 Å². The van der Waals surface area contributed by atoms with E-state index >= 15 is 0 Å². The van der Waals surface area contributed by atoms with Crippen molar-refractivity contribution in [2.75, 3.05) is 0 Å². The third-order valence-corrected chi connectivity index (χ3v) is 6.25. The Morgan fingerprint density at radius 1 is 0.909 bits per heavy atom. The van der Waals surface area contributed by atoms with Crippen LogP contribution in [0.25, 0.3) is 5.57 Å². The standard InChI is InChI=1S/C16H15ClO4S/c1-10-4-6-15-13(8-10)12(3)14-9-11(2)5-7-16(14)22(15)21-17(18,19)20/h4-9H,1-3H3. The number of halogens is 1. The largest absolute Gasteiger partial charge is 0.182 e. The predicted octanol–water partition coefficient (Wildman–Crippen LogP) is 0.244. The summed E-state index contributed by atoms with van der Waals surface area (Å²) in [4.78, 5) is 0.728. The van der Waals surface area contributed by atoms with Gasteiger partial charge in [0.05, 0.1) is 19.6 Å². The van der Waals surface area contributed by atoms with Gasteiger partial charge in [0, 0.05) is 0 Å². The van der Waals surface area contributed by atoms with Gasteiger partial charge in [0.2, 0.25) is 0 Å². The Balaban J connectivity index is 2.43. The number of fused-ring (bicyclic) bond motifs is 2. The van der Waals surface area contributed by atoms with E-state index in [0.29, 0.717) is 0 Å². The highest BCUT2D eigenvalue weighted by atomic mass is 35.7. The Bertz CT molecular complexity index is 884. The minimum absolute atomic E-state index is 0.728. The lowest BCUT2D eigenvalue weighted by Gasteiger charge is -2.20. The third kappa shape index (κ3) is 2.84. The van der Waals surface area contributed by atoms with Crippen LogP contribution < -0.4 is 19.2 Å². The Hall–Kier alpha value is -1.21. The summed E-state index contributed by atoms with van der Waals surface area (Å²) in [5.74, 6) is 0. The molecule has 0 aliphatic carbocycles. The first-order valence-corrected chi connectivity index (χ1v) is 9.05. The van der Waals surface area contributed by atoms with Crippen molar-refractivity contribution in [2.45, 2.75) is 25.7 Å². The number of hydrogen-bond donors (Lipinski definition) is 0. The van der Waals surface area contributed by atoms with Crippen molar-refractivity contribution in [2.24, 2.45) is 0 Å². The lowest BCUT2D eigenvalue weighted by atomic mass is 10.0. The van der Waals surface area contributed by atoms with E-state index in [0.717, 1.165) is 36.9 Å². The van der Waals surface area contributed by atoms with Gasteiger partial charge in [-0.05, 0) is 49.3 Å². The van der Waals surface area contributed by atoms with Gasteiger partial charge in [0.15, 0.2) is 0 Å². The summed E-state index contributed by atoms with van der Waals surface area (Å²) in [5.41, 5.74) is 4.13. The van der Waals surface area contributed by atoms with Gasteiger partial charge in [0.25, 0.3) is 0 Å². The van der Waals surface area contributed by atoms with Crippen LogP contribution in [0.1, 0.15) is 23.6 Å². The molecule has 22 heavy (non-hydrogen) atoms. The maximum atomic E-state index is 11.1. The van der Waals surface area contributed by atoms with Crippen LogP contribution in [0.3, 0.4) is 0 Å². The number of aryl methyl sites for hydroxylation is 2. The fourth-order valence-electron chi connectivity index (χ4n) is 2.61. The molecule has 116 valence electrons. The molecule has 0 amide bonds. The molecule has 1 aliphatic rings. The van der Waals surface area contributed by atoms with Crippen LogP contribution in [0.4, 0.5) is 0 Å². The number of benzene rings is 2. The minimum Gasteiger partial charge on any atom is -0.182 e. The first-order valence-electron chi connectivity index (χ1n) is 6.67. The zero-order chi connectivity index (χ0) is 16.1. The molecule has 1 aliphatic heterocycles. The molecule has 2 aromatic carbocycles. The Morgan fingerprint density at radius 3 is 2.23 bits per heavy atom. The van der Waals surface area contributed by atoms with Crippen molar-refractivity contribution in [3.05, 3.63) is 62.8 Å². The third-order valence-electron chi connectivity index (χ3n) is 3.62. The summed E-state index contributed by atoms with van der Waals surface area (Å²) in [6.07, 6.45) is 0. The van der Waals surface area contributed by atoms with E-state index in [4.69, 9.17) is 3.74 Å². The fourth-order valence-corrected chi connectivity index (χ4v) is 5.21. The Kier molecular flexibility index (Phi) is 3.89. The highest BCUT2D eigenvalue weighted by Crippen LogP contribution is 2.40. The van der Waals surface area contributed by atoms with Gasteiger partial charge in [0.1, 0.15) is 14.5 Å². The second-order valence-electron chi connectivity index (χ2n) is 5.33. The number of hydrogen-bond acceptors (Lipinski definition) is 4. The summed E-state index contributed by atoms with van der Waals surface area (Å²) in [5, 5.41) is 0.931. The van der Waals surface area contributed by atoms with Crippen LogP contribution in [0.5, 0.6) is 0 Å². The van der Waals surface area contributed by atoms with Crippen LogP contribution in [0.15, 0.2) is 41.3 Å². The van der Waals surface area contributed by atoms with Gasteiger partial charge >= 0.3 is 0 Å². The molecule has 1 heterocycles. The summed E-state index contributed by atoms with van der Waals surface area (Å²) < 4.78 is 39.0. The quantitative estimate of drug-likeness (QED) is 0.735. The molecular formula is C16H15ClO4S. The monoisotopic (exact) mass is 338 g/mol. The van der Waals surface area contributed by atoms with E-state index in [9.17, 15) is 14.0 Å². The zero-order valence-electron chi connectivity index (χ0n) is 12.4. The van der Waals surface area contributed by atoms with E-state index in [1.807, 2.05) is 57.2 Å². The highest BCUT2D eigenvalue weighted by Gasteiger charge is 2.28. The molecule has 0 aromatic heterocycles. The van der Waals surface area contributed by atoms with Gasteiger partial charge in [-0.3, -0.25) is 0 Å². The minimum atomic E-state index is -4.50. The van der Waals surface area contributed by atoms with Crippen LogP contribution in [0, 0.1) is 28.6 Å². The second kappa shape index (κ2) is 5.45.